The Morgan fingerprint density at radius 3 is 2.48 bits per heavy atom. The highest BCUT2D eigenvalue weighted by molar-refractivity contribution is 5.56. The molecule has 6 heteroatoms. The van der Waals surface area contributed by atoms with Crippen molar-refractivity contribution in [2.24, 2.45) is 17.8 Å². The Bertz CT molecular complexity index is 670. The smallest absolute Gasteiger partial charge is 0.263 e. The van der Waals surface area contributed by atoms with Gasteiger partial charge in [0.2, 0.25) is 0 Å². The van der Waals surface area contributed by atoms with E-state index in [9.17, 15) is 10.1 Å². The predicted molar refractivity (Wildman–Crippen MR) is 87.8 cm³/mol. The van der Waals surface area contributed by atoms with Crippen LogP contribution in [0.2, 0.25) is 0 Å². The van der Waals surface area contributed by atoms with Gasteiger partial charge in [0.05, 0.1) is 4.92 Å². The van der Waals surface area contributed by atoms with Crippen LogP contribution in [0.1, 0.15) is 38.9 Å². The van der Waals surface area contributed by atoms with Crippen LogP contribution in [0.15, 0.2) is 24.3 Å². The average molecular weight is 314 g/mol. The predicted octanol–water partition coefficient (Wildman–Crippen LogP) is 3.99. The lowest BCUT2D eigenvalue weighted by atomic mass is 9.72. The standard InChI is InChI=1S/C17H22N4O2/c1-11-4-3-5-12(2)15(11)10-16-18-17(20-19-16)13-6-8-14(9-7-13)21(22)23/h6-9,11-12,15H,3-5,10H2,1-2H3,(H,18,19,20). The van der Waals surface area contributed by atoms with Crippen molar-refractivity contribution in [2.75, 3.05) is 0 Å². The van der Waals surface area contributed by atoms with Crippen LogP contribution >= 0.6 is 0 Å². The average Bonchev–Trinajstić information content (AvgIpc) is 3.00. The van der Waals surface area contributed by atoms with Gasteiger partial charge in [-0.3, -0.25) is 15.2 Å². The second-order valence-corrected chi connectivity index (χ2v) is 6.66. The zero-order chi connectivity index (χ0) is 16.4. The van der Waals surface area contributed by atoms with Gasteiger partial charge in [-0.05, 0) is 29.9 Å². The van der Waals surface area contributed by atoms with Crippen LogP contribution in [-0.4, -0.2) is 20.1 Å². The Morgan fingerprint density at radius 1 is 1.22 bits per heavy atom. The third-order valence-electron chi connectivity index (χ3n) is 5.08. The van der Waals surface area contributed by atoms with Gasteiger partial charge in [-0.2, -0.15) is 5.10 Å². The molecular weight excluding hydrogens is 292 g/mol. The summed E-state index contributed by atoms with van der Waals surface area (Å²) in [6.45, 7) is 4.65. The maximum Gasteiger partial charge on any atom is 0.269 e. The summed E-state index contributed by atoms with van der Waals surface area (Å²) in [7, 11) is 0. The van der Waals surface area contributed by atoms with E-state index in [1.165, 1.54) is 31.4 Å². The molecule has 1 N–H and O–H groups in total. The number of rotatable bonds is 4. The van der Waals surface area contributed by atoms with E-state index in [-0.39, 0.29) is 5.69 Å². The summed E-state index contributed by atoms with van der Waals surface area (Å²) >= 11 is 0. The topological polar surface area (TPSA) is 84.7 Å². The molecule has 2 atom stereocenters. The molecule has 1 aliphatic rings. The van der Waals surface area contributed by atoms with Gasteiger partial charge < -0.3 is 0 Å². The number of non-ortho nitro benzene ring substituents is 1. The molecule has 0 spiro atoms. The first-order valence-corrected chi connectivity index (χ1v) is 8.20. The van der Waals surface area contributed by atoms with Crippen LogP contribution in [-0.2, 0) is 6.42 Å². The molecule has 3 rings (SSSR count). The molecule has 0 saturated heterocycles. The zero-order valence-corrected chi connectivity index (χ0v) is 13.5. The minimum atomic E-state index is -0.404. The molecule has 1 aromatic heterocycles. The van der Waals surface area contributed by atoms with Gasteiger partial charge in [0.25, 0.3) is 5.69 Å². The van der Waals surface area contributed by atoms with Crippen LogP contribution in [0.25, 0.3) is 11.4 Å². The summed E-state index contributed by atoms with van der Waals surface area (Å²) in [5.41, 5.74) is 0.872. The van der Waals surface area contributed by atoms with Gasteiger partial charge in [-0.1, -0.05) is 33.1 Å². The van der Waals surface area contributed by atoms with Gasteiger partial charge in [-0.15, -0.1) is 0 Å². The van der Waals surface area contributed by atoms with Crippen LogP contribution in [0.5, 0.6) is 0 Å². The molecule has 6 nitrogen and oxygen atoms in total. The van der Waals surface area contributed by atoms with Crippen LogP contribution in [0, 0.1) is 27.9 Å². The lowest BCUT2D eigenvalue weighted by Crippen LogP contribution is -2.27. The van der Waals surface area contributed by atoms with Crippen molar-refractivity contribution in [3.63, 3.8) is 0 Å². The van der Waals surface area contributed by atoms with Crippen LogP contribution in [0.3, 0.4) is 0 Å². The summed E-state index contributed by atoms with van der Waals surface area (Å²) in [5.74, 6) is 3.58. The Balaban J connectivity index is 1.73. The fourth-order valence-electron chi connectivity index (χ4n) is 3.62. The molecule has 0 amide bonds. The van der Waals surface area contributed by atoms with E-state index in [4.69, 9.17) is 0 Å². The molecular formula is C17H22N4O2. The molecule has 2 aromatic rings. The summed E-state index contributed by atoms with van der Waals surface area (Å²) in [6, 6.07) is 6.35. The first-order valence-electron chi connectivity index (χ1n) is 8.20. The number of H-pyrrole nitrogens is 1. The number of nitrogens with zero attached hydrogens (tertiary/aromatic N) is 3. The molecule has 1 saturated carbocycles. The van der Waals surface area contributed by atoms with Crippen molar-refractivity contribution >= 4 is 5.69 Å². The third-order valence-corrected chi connectivity index (χ3v) is 5.08. The normalized spacial score (nSPS) is 24.5. The lowest BCUT2D eigenvalue weighted by Gasteiger charge is -2.34. The van der Waals surface area contributed by atoms with E-state index in [1.807, 2.05) is 0 Å². The van der Waals surface area contributed by atoms with E-state index in [0.29, 0.717) is 23.6 Å². The number of hydrogen-bond acceptors (Lipinski definition) is 4. The van der Waals surface area contributed by atoms with Gasteiger partial charge in [-0.25, -0.2) is 4.98 Å². The highest BCUT2D eigenvalue weighted by atomic mass is 16.6. The monoisotopic (exact) mass is 314 g/mol. The van der Waals surface area contributed by atoms with Crippen molar-refractivity contribution in [2.45, 2.75) is 39.5 Å². The molecule has 0 aliphatic heterocycles. The number of nitrogens with one attached hydrogen (secondary N) is 1. The molecule has 1 aromatic carbocycles. The Labute approximate surface area is 135 Å². The SMILES string of the molecule is CC1CCCC(C)C1Cc1nc(-c2ccc([N+](=O)[O-])cc2)n[nH]1. The molecule has 1 heterocycles. The minimum absolute atomic E-state index is 0.0781. The third kappa shape index (κ3) is 3.41. The van der Waals surface area contributed by atoms with Gasteiger partial charge >= 0.3 is 0 Å². The molecule has 23 heavy (non-hydrogen) atoms. The number of benzene rings is 1. The zero-order valence-electron chi connectivity index (χ0n) is 13.5. The number of nitro benzene ring substituents is 1. The lowest BCUT2D eigenvalue weighted by molar-refractivity contribution is -0.384. The van der Waals surface area contributed by atoms with Gasteiger partial charge in [0.1, 0.15) is 5.82 Å². The Kier molecular flexibility index (Phi) is 4.41. The fourth-order valence-corrected chi connectivity index (χ4v) is 3.62. The number of aromatic nitrogens is 3. The molecule has 1 aliphatic carbocycles. The highest BCUT2D eigenvalue weighted by Crippen LogP contribution is 2.36. The Hall–Kier alpha value is -2.24. The summed E-state index contributed by atoms with van der Waals surface area (Å²) in [4.78, 5) is 14.9. The molecule has 122 valence electrons. The highest BCUT2D eigenvalue weighted by Gasteiger charge is 2.28. The Morgan fingerprint density at radius 2 is 1.87 bits per heavy atom. The second-order valence-electron chi connectivity index (χ2n) is 6.66. The fraction of sp³-hybridized carbons (Fsp3) is 0.529. The number of nitro groups is 1. The van der Waals surface area contributed by atoms with Crippen molar-refractivity contribution in [3.8, 4) is 11.4 Å². The summed E-state index contributed by atoms with van der Waals surface area (Å²) in [5, 5.41) is 18.0. The summed E-state index contributed by atoms with van der Waals surface area (Å²) < 4.78 is 0. The second kappa shape index (κ2) is 6.48. The quantitative estimate of drug-likeness (QED) is 0.683. The van der Waals surface area contributed by atoms with Crippen molar-refractivity contribution in [3.05, 3.63) is 40.2 Å². The van der Waals surface area contributed by atoms with Gasteiger partial charge in [0.15, 0.2) is 5.82 Å². The van der Waals surface area contributed by atoms with Crippen molar-refractivity contribution < 1.29 is 4.92 Å². The first kappa shape index (κ1) is 15.6. The minimum Gasteiger partial charge on any atom is -0.263 e. The maximum absolute atomic E-state index is 10.7. The van der Waals surface area contributed by atoms with E-state index >= 15 is 0 Å². The van der Waals surface area contributed by atoms with Crippen molar-refractivity contribution in [1.29, 1.82) is 0 Å². The first-order chi connectivity index (χ1) is 11.0. The molecule has 0 bridgehead atoms. The van der Waals surface area contributed by atoms with Crippen LogP contribution < -0.4 is 0 Å². The van der Waals surface area contributed by atoms with Gasteiger partial charge in [0, 0.05) is 24.1 Å². The summed E-state index contributed by atoms with van der Waals surface area (Å²) in [6.07, 6.45) is 4.82. The number of aromatic amines is 1. The van der Waals surface area contributed by atoms with E-state index in [0.717, 1.165) is 17.8 Å². The van der Waals surface area contributed by atoms with E-state index in [1.54, 1.807) is 12.1 Å². The number of hydrogen-bond donors (Lipinski definition) is 1. The molecule has 1 fully saturated rings. The van der Waals surface area contributed by atoms with E-state index in [2.05, 4.69) is 29.0 Å². The van der Waals surface area contributed by atoms with Crippen LogP contribution in [0.4, 0.5) is 5.69 Å². The molecule has 0 radical (unpaired) electrons. The molecule has 2 unspecified atom stereocenters. The maximum atomic E-state index is 10.7. The largest absolute Gasteiger partial charge is 0.269 e. The van der Waals surface area contributed by atoms with E-state index < -0.39 is 4.92 Å². The van der Waals surface area contributed by atoms with Crippen molar-refractivity contribution in [1.82, 2.24) is 15.2 Å².